The number of likely N-dealkylation sites (N-methyl/N-ethyl adjacent to an activating group) is 1. The van der Waals surface area contributed by atoms with Crippen LogP contribution in [-0.2, 0) is 23.9 Å². The molecular formula is C29H42N2O5. The molecule has 7 nitrogen and oxygen atoms in total. The van der Waals surface area contributed by atoms with E-state index in [9.17, 15) is 14.4 Å². The first-order chi connectivity index (χ1) is 17.1. The van der Waals surface area contributed by atoms with Gasteiger partial charge in [-0.2, -0.15) is 0 Å². The van der Waals surface area contributed by atoms with Crippen LogP contribution in [0.2, 0.25) is 0 Å². The normalized spacial score (nSPS) is 19.4. The van der Waals surface area contributed by atoms with Crippen LogP contribution in [0.15, 0.2) is 18.2 Å². The third kappa shape index (κ3) is 8.58. The lowest BCUT2D eigenvalue weighted by atomic mass is 9.92. The highest BCUT2D eigenvalue weighted by atomic mass is 16.6. The highest BCUT2D eigenvalue weighted by Gasteiger charge is 2.39. The number of carbonyl (C=O) groups excluding carboxylic acids is 3. The molecule has 1 aromatic rings. The van der Waals surface area contributed by atoms with E-state index in [2.05, 4.69) is 24.1 Å². The molecule has 0 aromatic heterocycles. The second-order valence-electron chi connectivity index (χ2n) is 9.84. The molecule has 1 N–H and O–H groups in total. The lowest BCUT2D eigenvalue weighted by molar-refractivity contribution is -0.153. The highest BCUT2D eigenvalue weighted by molar-refractivity contribution is 5.87. The van der Waals surface area contributed by atoms with Gasteiger partial charge in [-0.05, 0) is 30.5 Å². The Morgan fingerprint density at radius 3 is 2.42 bits per heavy atom. The molecular weight excluding hydrogens is 456 g/mol. The van der Waals surface area contributed by atoms with Gasteiger partial charge < -0.3 is 19.7 Å². The van der Waals surface area contributed by atoms with E-state index < -0.39 is 30.1 Å². The Morgan fingerprint density at radius 2 is 1.78 bits per heavy atom. The summed E-state index contributed by atoms with van der Waals surface area (Å²) in [5.41, 5.74) is 2.32. The number of hydrogen-bond acceptors (Lipinski definition) is 6. The van der Waals surface area contributed by atoms with Gasteiger partial charge in [0.1, 0.15) is 18.7 Å². The Balaban J connectivity index is 2.40. The molecule has 1 heterocycles. The number of hydrogen-bond donors (Lipinski definition) is 1. The predicted octanol–water partition coefficient (Wildman–Crippen LogP) is 4.92. The number of benzene rings is 1. The molecule has 0 radical (unpaired) electrons. The number of anilines is 1. The molecule has 0 saturated carbocycles. The zero-order valence-corrected chi connectivity index (χ0v) is 22.7. The van der Waals surface area contributed by atoms with Gasteiger partial charge in [0.15, 0.2) is 6.10 Å². The third-order valence-electron chi connectivity index (χ3n) is 6.37. The second-order valence-corrected chi connectivity index (χ2v) is 9.84. The Bertz CT molecular complexity index is 962. The lowest BCUT2D eigenvalue weighted by Gasteiger charge is -2.40. The predicted molar refractivity (Wildman–Crippen MR) is 141 cm³/mol. The number of nitrogens with one attached hydrogen (secondary N) is 1. The minimum absolute atomic E-state index is 0.0132. The molecule has 0 bridgehead atoms. The van der Waals surface area contributed by atoms with Crippen molar-refractivity contribution < 1.29 is 23.9 Å². The molecule has 2 rings (SSSR count). The van der Waals surface area contributed by atoms with Gasteiger partial charge >= 0.3 is 11.9 Å². The molecule has 0 saturated heterocycles. The van der Waals surface area contributed by atoms with E-state index in [1.54, 1.807) is 0 Å². The topological polar surface area (TPSA) is 84.9 Å². The van der Waals surface area contributed by atoms with Gasteiger partial charge in [0.05, 0.1) is 0 Å². The highest BCUT2D eigenvalue weighted by Crippen LogP contribution is 2.35. The van der Waals surface area contributed by atoms with Gasteiger partial charge in [-0.25, -0.2) is 0 Å². The smallest absolute Gasteiger partial charge is 0.303 e. The molecule has 7 heteroatoms. The molecule has 3 atom stereocenters. The van der Waals surface area contributed by atoms with Crippen molar-refractivity contribution in [2.75, 3.05) is 18.6 Å². The van der Waals surface area contributed by atoms with Crippen molar-refractivity contribution in [3.8, 4) is 11.8 Å². The van der Waals surface area contributed by atoms with Crippen LogP contribution < -0.4 is 10.2 Å². The van der Waals surface area contributed by atoms with Crippen LogP contribution in [0.5, 0.6) is 0 Å². The fraction of sp³-hybridized carbons (Fsp3) is 0.621. The molecule has 1 aromatic carbocycles. The fourth-order valence-electron chi connectivity index (χ4n) is 4.64. The molecule has 1 amide bonds. The van der Waals surface area contributed by atoms with Crippen molar-refractivity contribution in [3.63, 3.8) is 0 Å². The number of nitrogens with zero attached hydrogens (tertiary/aromatic N) is 1. The number of ether oxygens (including phenoxy) is 2. The number of esters is 2. The molecule has 0 unspecified atom stereocenters. The molecule has 0 spiro atoms. The van der Waals surface area contributed by atoms with Crippen LogP contribution in [0.3, 0.4) is 0 Å². The zero-order valence-electron chi connectivity index (χ0n) is 22.7. The summed E-state index contributed by atoms with van der Waals surface area (Å²) in [6, 6.07) is 4.60. The average molecular weight is 499 g/mol. The van der Waals surface area contributed by atoms with Crippen LogP contribution in [-0.4, -0.2) is 43.6 Å². The number of amides is 1. The van der Waals surface area contributed by atoms with E-state index in [1.165, 1.54) is 46.0 Å². The molecule has 0 aliphatic carbocycles. The molecule has 1 aliphatic heterocycles. The lowest BCUT2D eigenvalue weighted by Crippen LogP contribution is -2.56. The molecule has 1 aliphatic rings. The van der Waals surface area contributed by atoms with E-state index in [0.717, 1.165) is 29.7 Å². The number of fused-ring (bicyclic) bond motifs is 1. The maximum absolute atomic E-state index is 13.2. The van der Waals surface area contributed by atoms with Crippen molar-refractivity contribution in [2.24, 2.45) is 5.92 Å². The Morgan fingerprint density at radius 1 is 1.08 bits per heavy atom. The summed E-state index contributed by atoms with van der Waals surface area (Å²) >= 11 is 0. The van der Waals surface area contributed by atoms with Gasteiger partial charge in [-0.3, -0.25) is 14.4 Å². The summed E-state index contributed by atoms with van der Waals surface area (Å²) in [7, 11) is 1.87. The maximum Gasteiger partial charge on any atom is 0.303 e. The molecule has 36 heavy (non-hydrogen) atoms. The summed E-state index contributed by atoms with van der Waals surface area (Å²) in [5.74, 6) is 5.36. The Kier molecular flexibility index (Phi) is 11.8. The van der Waals surface area contributed by atoms with E-state index in [1.807, 2.05) is 44.0 Å². The quantitative estimate of drug-likeness (QED) is 0.280. The number of rotatable bonds is 10. The maximum atomic E-state index is 13.2. The van der Waals surface area contributed by atoms with E-state index in [0.29, 0.717) is 0 Å². The Labute approximate surface area is 216 Å². The van der Waals surface area contributed by atoms with Crippen molar-refractivity contribution >= 4 is 23.5 Å². The van der Waals surface area contributed by atoms with Gasteiger partial charge in [0.25, 0.3) is 0 Å². The summed E-state index contributed by atoms with van der Waals surface area (Å²) in [4.78, 5) is 38.8. The minimum atomic E-state index is -0.836. The van der Waals surface area contributed by atoms with Crippen LogP contribution >= 0.6 is 0 Å². The summed E-state index contributed by atoms with van der Waals surface area (Å²) < 4.78 is 11.0. The van der Waals surface area contributed by atoms with Crippen molar-refractivity contribution in [1.82, 2.24) is 5.32 Å². The molecule has 0 fully saturated rings. The summed E-state index contributed by atoms with van der Waals surface area (Å²) in [6.07, 6.45) is 7.31. The second kappa shape index (κ2) is 14.5. The van der Waals surface area contributed by atoms with Crippen LogP contribution in [0.1, 0.15) is 96.8 Å². The minimum Gasteiger partial charge on any atom is -0.464 e. The largest absolute Gasteiger partial charge is 0.464 e. The standard InChI is InChI=1S/C29H42N2O5/c1-7-8-9-10-11-12-13-14-15-23-16-17-26-24(18-23)28(36-22(5)33)25(19-35-21(4)32)30-29(34)27(20(2)3)31(26)6/h16-18,20,25,27-28H,7-13,19H2,1-6H3,(H,30,34)/t25-,27+,28+/m1/s1. The fourth-order valence-corrected chi connectivity index (χ4v) is 4.64. The summed E-state index contributed by atoms with van der Waals surface area (Å²) in [5, 5.41) is 2.96. The van der Waals surface area contributed by atoms with Crippen LogP contribution in [0.4, 0.5) is 5.69 Å². The van der Waals surface area contributed by atoms with Crippen molar-refractivity contribution in [1.29, 1.82) is 0 Å². The molecule has 198 valence electrons. The van der Waals surface area contributed by atoms with E-state index >= 15 is 0 Å². The zero-order chi connectivity index (χ0) is 26.7. The van der Waals surface area contributed by atoms with Gasteiger partial charge in [-0.15, -0.1) is 0 Å². The van der Waals surface area contributed by atoms with Gasteiger partial charge in [0.2, 0.25) is 5.91 Å². The van der Waals surface area contributed by atoms with Crippen LogP contribution in [0, 0.1) is 17.8 Å². The van der Waals surface area contributed by atoms with Gasteiger partial charge in [-0.1, -0.05) is 64.7 Å². The number of carbonyl (C=O) groups is 3. The van der Waals surface area contributed by atoms with Gasteiger partial charge in [0, 0.05) is 44.1 Å². The average Bonchev–Trinajstić information content (AvgIpc) is 2.81. The number of unbranched alkanes of at least 4 members (excludes halogenated alkanes) is 6. The SMILES string of the molecule is CCCCCCCCC#Cc1ccc2c(c1)[C@H](OC(C)=O)[C@@H](COC(C)=O)NC(=O)[C@H](C(C)C)N2C. The first-order valence-corrected chi connectivity index (χ1v) is 13.1. The first-order valence-electron chi connectivity index (χ1n) is 13.1. The van der Waals surface area contributed by atoms with E-state index in [4.69, 9.17) is 9.47 Å². The van der Waals surface area contributed by atoms with Crippen LogP contribution in [0.25, 0.3) is 0 Å². The van der Waals surface area contributed by atoms with Crippen molar-refractivity contribution in [3.05, 3.63) is 29.3 Å². The monoisotopic (exact) mass is 498 g/mol. The van der Waals surface area contributed by atoms with E-state index in [-0.39, 0.29) is 18.4 Å². The first kappa shape index (κ1) is 29.2. The third-order valence-corrected chi connectivity index (χ3v) is 6.37. The Hall–Kier alpha value is -3.01. The van der Waals surface area contributed by atoms with Crippen molar-refractivity contribution in [2.45, 2.75) is 97.8 Å². The summed E-state index contributed by atoms with van der Waals surface area (Å²) in [6.45, 7) is 8.70.